The number of rotatable bonds is 11. The number of amides is 1. The number of hydrogen-bond donors (Lipinski definition) is 3. The van der Waals surface area contributed by atoms with Gasteiger partial charge in [-0.3, -0.25) is 14.8 Å². The molecule has 0 radical (unpaired) electrons. The van der Waals surface area contributed by atoms with Crippen LogP contribution in [0, 0.1) is 0 Å². The van der Waals surface area contributed by atoms with Gasteiger partial charge in [0.2, 0.25) is 0 Å². The van der Waals surface area contributed by atoms with Crippen molar-refractivity contribution in [3.63, 3.8) is 0 Å². The lowest BCUT2D eigenvalue weighted by Gasteiger charge is -2.28. The van der Waals surface area contributed by atoms with E-state index < -0.39 is 30.0 Å². The van der Waals surface area contributed by atoms with Gasteiger partial charge in [-0.05, 0) is 53.9 Å². The number of aromatic nitrogens is 2. The molecule has 2 aromatic carbocycles. The Bertz CT molecular complexity index is 1250. The second-order valence-electron chi connectivity index (χ2n) is 8.77. The van der Waals surface area contributed by atoms with Gasteiger partial charge in [-0.15, -0.1) is 0 Å². The standard InChI is InChI=1S/C29H28F2N4O3/c30-29(31,28(37)35-26(24-10-4-6-16-33-24)25-11-5-7-17-34-25)27(36)23(32)18-20-12-14-22(15-13-20)38-19-21-8-2-1-3-9-21/h1-17,23,26-27,36H,18-19,32H2,(H,35,37). The first kappa shape index (κ1) is 26.8. The third kappa shape index (κ3) is 6.76. The van der Waals surface area contributed by atoms with Gasteiger partial charge in [-0.25, -0.2) is 0 Å². The van der Waals surface area contributed by atoms with E-state index in [1.54, 1.807) is 60.7 Å². The first-order valence-electron chi connectivity index (χ1n) is 12.0. The number of aliphatic hydroxyl groups excluding tert-OH is 1. The van der Waals surface area contributed by atoms with Crippen LogP contribution in [0.3, 0.4) is 0 Å². The Hall–Kier alpha value is -4.21. The van der Waals surface area contributed by atoms with Crippen LogP contribution in [0.4, 0.5) is 8.78 Å². The maximum absolute atomic E-state index is 15.1. The molecule has 1 amide bonds. The molecule has 0 saturated carbocycles. The Morgan fingerprint density at radius 2 is 1.45 bits per heavy atom. The number of hydrogen-bond acceptors (Lipinski definition) is 6. The lowest BCUT2D eigenvalue weighted by atomic mass is 9.97. The molecule has 2 aromatic heterocycles. The van der Waals surface area contributed by atoms with Gasteiger partial charge < -0.3 is 20.9 Å². The third-order valence-corrected chi connectivity index (χ3v) is 5.97. The molecule has 2 atom stereocenters. The van der Waals surface area contributed by atoms with Crippen molar-refractivity contribution in [3.05, 3.63) is 126 Å². The van der Waals surface area contributed by atoms with Crippen LogP contribution in [0.5, 0.6) is 5.75 Å². The predicted octanol–water partition coefficient (Wildman–Crippen LogP) is 3.83. The molecule has 0 bridgehead atoms. The summed E-state index contributed by atoms with van der Waals surface area (Å²) in [6, 6.07) is 23.8. The predicted molar refractivity (Wildman–Crippen MR) is 138 cm³/mol. The van der Waals surface area contributed by atoms with E-state index in [0.29, 0.717) is 29.3 Å². The maximum atomic E-state index is 15.1. The quantitative estimate of drug-likeness (QED) is 0.278. The number of carbonyl (C=O) groups excluding carboxylic acids is 1. The zero-order valence-electron chi connectivity index (χ0n) is 20.5. The summed E-state index contributed by atoms with van der Waals surface area (Å²) >= 11 is 0. The van der Waals surface area contributed by atoms with E-state index in [1.807, 2.05) is 30.3 Å². The van der Waals surface area contributed by atoms with Crippen molar-refractivity contribution in [2.45, 2.75) is 37.1 Å². The minimum Gasteiger partial charge on any atom is -0.489 e. The van der Waals surface area contributed by atoms with E-state index in [2.05, 4.69) is 15.3 Å². The molecule has 0 spiro atoms. The van der Waals surface area contributed by atoms with Gasteiger partial charge in [0.25, 0.3) is 5.91 Å². The highest BCUT2D eigenvalue weighted by Gasteiger charge is 2.50. The molecule has 4 N–H and O–H groups in total. The summed E-state index contributed by atoms with van der Waals surface area (Å²) in [5.41, 5.74) is 8.20. The van der Waals surface area contributed by atoms with Crippen LogP contribution in [0.1, 0.15) is 28.6 Å². The number of nitrogens with zero attached hydrogens (tertiary/aromatic N) is 2. The summed E-state index contributed by atoms with van der Waals surface area (Å²) in [6.45, 7) is 0.387. The van der Waals surface area contributed by atoms with E-state index >= 15 is 8.78 Å². The second-order valence-corrected chi connectivity index (χ2v) is 8.77. The molecule has 0 aliphatic carbocycles. The van der Waals surface area contributed by atoms with Gasteiger partial charge in [0.1, 0.15) is 24.5 Å². The largest absolute Gasteiger partial charge is 0.489 e. The molecule has 2 heterocycles. The molecule has 7 nitrogen and oxygen atoms in total. The van der Waals surface area contributed by atoms with Crippen LogP contribution in [0.15, 0.2) is 103 Å². The van der Waals surface area contributed by atoms with Crippen LogP contribution in [0.2, 0.25) is 0 Å². The van der Waals surface area contributed by atoms with Crippen LogP contribution < -0.4 is 15.8 Å². The number of ether oxygens (including phenoxy) is 1. The van der Waals surface area contributed by atoms with Gasteiger partial charge in [-0.2, -0.15) is 8.78 Å². The zero-order chi connectivity index (χ0) is 27.0. The van der Waals surface area contributed by atoms with E-state index in [1.165, 1.54) is 12.4 Å². The zero-order valence-corrected chi connectivity index (χ0v) is 20.5. The number of carbonyl (C=O) groups is 1. The molecule has 9 heteroatoms. The minimum atomic E-state index is -4.17. The van der Waals surface area contributed by atoms with Crippen molar-refractivity contribution in [1.82, 2.24) is 15.3 Å². The summed E-state index contributed by atoms with van der Waals surface area (Å²) in [5, 5.41) is 12.7. The highest BCUT2D eigenvalue weighted by atomic mass is 19.3. The highest BCUT2D eigenvalue weighted by molar-refractivity contribution is 5.84. The lowest BCUT2D eigenvalue weighted by molar-refractivity contribution is -0.166. The summed E-state index contributed by atoms with van der Waals surface area (Å²) in [7, 11) is 0. The normalized spacial score (nSPS) is 13.1. The van der Waals surface area contributed by atoms with Crippen molar-refractivity contribution in [3.8, 4) is 5.75 Å². The number of halogens is 2. The van der Waals surface area contributed by atoms with Crippen molar-refractivity contribution in [1.29, 1.82) is 0 Å². The molecular formula is C29H28F2N4O3. The summed E-state index contributed by atoms with van der Waals surface area (Å²) < 4.78 is 35.9. The smallest absolute Gasteiger partial charge is 0.351 e. The van der Waals surface area contributed by atoms with E-state index in [-0.39, 0.29) is 6.42 Å². The van der Waals surface area contributed by atoms with Crippen LogP contribution >= 0.6 is 0 Å². The van der Waals surface area contributed by atoms with Crippen molar-refractivity contribution < 1.29 is 23.4 Å². The fourth-order valence-electron chi connectivity index (χ4n) is 3.87. The molecule has 4 rings (SSSR count). The van der Waals surface area contributed by atoms with Gasteiger partial charge in [0, 0.05) is 18.4 Å². The Kier molecular flexibility index (Phi) is 8.73. The molecule has 0 aliphatic heterocycles. The lowest BCUT2D eigenvalue weighted by Crippen LogP contribution is -2.56. The Labute approximate surface area is 219 Å². The second kappa shape index (κ2) is 12.4. The van der Waals surface area contributed by atoms with Crippen LogP contribution in [-0.2, 0) is 17.8 Å². The topological polar surface area (TPSA) is 110 Å². The fourth-order valence-corrected chi connectivity index (χ4v) is 3.87. The Morgan fingerprint density at radius 3 is 2.00 bits per heavy atom. The van der Waals surface area contributed by atoms with E-state index in [4.69, 9.17) is 10.5 Å². The number of alkyl halides is 2. The minimum absolute atomic E-state index is 0.0765. The first-order chi connectivity index (χ1) is 18.3. The van der Waals surface area contributed by atoms with Crippen molar-refractivity contribution in [2.75, 3.05) is 0 Å². The number of aliphatic hydroxyl groups is 1. The maximum Gasteiger partial charge on any atom is 0.351 e. The third-order valence-electron chi connectivity index (χ3n) is 5.97. The Balaban J connectivity index is 1.39. The molecule has 38 heavy (non-hydrogen) atoms. The number of nitrogens with one attached hydrogen (secondary N) is 1. The SMILES string of the molecule is NC(Cc1ccc(OCc2ccccc2)cc1)C(O)C(F)(F)C(=O)NC(c1ccccn1)c1ccccn1. The number of nitrogens with two attached hydrogens (primary N) is 1. The average Bonchev–Trinajstić information content (AvgIpc) is 2.96. The van der Waals surface area contributed by atoms with Gasteiger partial charge in [0.05, 0.1) is 11.4 Å². The number of benzene rings is 2. The summed E-state index contributed by atoms with van der Waals surface area (Å²) in [6.07, 6.45) is 0.466. The van der Waals surface area contributed by atoms with Gasteiger partial charge in [-0.1, -0.05) is 54.6 Å². The molecular weight excluding hydrogens is 490 g/mol. The summed E-state index contributed by atoms with van der Waals surface area (Å²) in [5.74, 6) is -5.24. The number of pyridine rings is 2. The van der Waals surface area contributed by atoms with Gasteiger partial charge in [0.15, 0.2) is 0 Å². The monoisotopic (exact) mass is 518 g/mol. The molecule has 0 fully saturated rings. The van der Waals surface area contributed by atoms with E-state index in [9.17, 15) is 9.90 Å². The first-order valence-corrected chi connectivity index (χ1v) is 12.0. The molecule has 4 aromatic rings. The molecule has 196 valence electrons. The van der Waals surface area contributed by atoms with Crippen LogP contribution in [0.25, 0.3) is 0 Å². The Morgan fingerprint density at radius 1 is 0.868 bits per heavy atom. The summed E-state index contributed by atoms with van der Waals surface area (Å²) in [4.78, 5) is 21.0. The van der Waals surface area contributed by atoms with Gasteiger partial charge >= 0.3 is 5.92 Å². The van der Waals surface area contributed by atoms with E-state index in [0.717, 1.165) is 5.56 Å². The average molecular weight is 519 g/mol. The molecule has 0 saturated heterocycles. The highest BCUT2D eigenvalue weighted by Crippen LogP contribution is 2.26. The van der Waals surface area contributed by atoms with Crippen LogP contribution in [-0.4, -0.2) is 39.1 Å². The molecule has 0 aliphatic rings. The van der Waals surface area contributed by atoms with Crippen molar-refractivity contribution in [2.24, 2.45) is 5.73 Å². The fraction of sp³-hybridized carbons (Fsp3) is 0.207. The molecule has 2 unspecified atom stereocenters. The van der Waals surface area contributed by atoms with Crippen molar-refractivity contribution >= 4 is 5.91 Å².